The van der Waals surface area contributed by atoms with E-state index in [0.717, 1.165) is 30.0 Å². The molecule has 2 N–H and O–H groups in total. The van der Waals surface area contributed by atoms with Gasteiger partial charge in [0.15, 0.2) is 5.65 Å². The van der Waals surface area contributed by atoms with Crippen LogP contribution in [-0.2, 0) is 13.0 Å². The van der Waals surface area contributed by atoms with Crippen LogP contribution in [0.3, 0.4) is 0 Å². The summed E-state index contributed by atoms with van der Waals surface area (Å²) in [5.41, 5.74) is 7.37. The molecule has 0 radical (unpaired) electrons. The fourth-order valence-corrected chi connectivity index (χ4v) is 4.48. The number of nitrogens with one attached hydrogen (secondary N) is 2. The van der Waals surface area contributed by atoms with Crippen molar-refractivity contribution < 1.29 is 0 Å². The van der Waals surface area contributed by atoms with Gasteiger partial charge in [-0.1, -0.05) is 18.6 Å². The molecule has 0 amide bonds. The normalized spacial score (nSPS) is 20.3. The largest absolute Gasteiger partial charge is 0.378 e. The van der Waals surface area contributed by atoms with E-state index in [2.05, 4.69) is 49.4 Å². The van der Waals surface area contributed by atoms with Crippen LogP contribution in [-0.4, -0.2) is 32.9 Å². The predicted octanol–water partition coefficient (Wildman–Crippen LogP) is 3.96. The predicted molar refractivity (Wildman–Crippen MR) is 104 cm³/mol. The quantitative estimate of drug-likeness (QED) is 0.753. The minimum atomic E-state index is 0.276. The van der Waals surface area contributed by atoms with Gasteiger partial charge in [-0.05, 0) is 62.5 Å². The van der Waals surface area contributed by atoms with Gasteiger partial charge in [0, 0.05) is 24.0 Å². The van der Waals surface area contributed by atoms with Crippen molar-refractivity contribution in [2.45, 2.75) is 45.2 Å². The third kappa shape index (κ3) is 2.76. The number of H-pyrrole nitrogens is 1. The van der Waals surface area contributed by atoms with Gasteiger partial charge in [0.1, 0.15) is 5.82 Å². The molecule has 0 spiro atoms. The first kappa shape index (κ1) is 15.8. The highest BCUT2D eigenvalue weighted by Gasteiger charge is 2.27. The van der Waals surface area contributed by atoms with E-state index in [1.54, 1.807) is 0 Å². The Morgan fingerprint density at radius 1 is 1.15 bits per heavy atom. The van der Waals surface area contributed by atoms with Crippen molar-refractivity contribution in [3.63, 3.8) is 0 Å². The minimum Gasteiger partial charge on any atom is -0.378 e. The summed E-state index contributed by atoms with van der Waals surface area (Å²) < 4.78 is 0. The number of aromatic nitrogens is 3. The summed E-state index contributed by atoms with van der Waals surface area (Å²) in [5, 5.41) is 3.74. The summed E-state index contributed by atoms with van der Waals surface area (Å²) in [6.07, 6.45) is 6.95. The zero-order valence-corrected chi connectivity index (χ0v) is 15.3. The van der Waals surface area contributed by atoms with Crippen LogP contribution in [0.1, 0.15) is 47.8 Å². The number of hydrogen-bond acceptors (Lipinski definition) is 4. The lowest BCUT2D eigenvalue weighted by Crippen LogP contribution is -2.29. The summed E-state index contributed by atoms with van der Waals surface area (Å²) in [5.74, 6) is 0.918. The first-order valence-electron chi connectivity index (χ1n) is 9.69. The molecule has 2 aromatic heterocycles. The van der Waals surface area contributed by atoms with Crippen molar-refractivity contribution in [2.24, 2.45) is 0 Å². The summed E-state index contributed by atoms with van der Waals surface area (Å²) in [7, 11) is 0. The number of nitrogens with zero attached hydrogens (tertiary/aromatic N) is 3. The molecule has 2 aliphatic rings. The van der Waals surface area contributed by atoms with Crippen molar-refractivity contribution in [3.05, 3.63) is 53.0 Å². The summed E-state index contributed by atoms with van der Waals surface area (Å²) >= 11 is 0. The Labute approximate surface area is 153 Å². The number of aryl methyl sites for hydroxylation is 1. The number of hydrogen-bond donors (Lipinski definition) is 2. The van der Waals surface area contributed by atoms with Crippen molar-refractivity contribution in [1.82, 2.24) is 19.9 Å². The zero-order valence-electron chi connectivity index (χ0n) is 15.3. The molecule has 0 aliphatic carbocycles. The van der Waals surface area contributed by atoms with E-state index in [0.29, 0.717) is 0 Å². The summed E-state index contributed by atoms with van der Waals surface area (Å²) in [4.78, 5) is 14.9. The highest BCUT2D eigenvalue weighted by Crippen LogP contribution is 2.38. The van der Waals surface area contributed by atoms with Crippen LogP contribution in [0.5, 0.6) is 0 Å². The fourth-order valence-electron chi connectivity index (χ4n) is 4.48. The molecule has 1 aromatic carbocycles. The van der Waals surface area contributed by atoms with Gasteiger partial charge in [0.25, 0.3) is 0 Å². The van der Waals surface area contributed by atoms with Crippen LogP contribution in [0.15, 0.2) is 30.5 Å². The number of piperidine rings is 1. The Morgan fingerprint density at radius 2 is 2.04 bits per heavy atom. The highest BCUT2D eigenvalue weighted by atomic mass is 15.1. The van der Waals surface area contributed by atoms with Gasteiger partial charge < -0.3 is 10.3 Å². The molecule has 0 saturated carbocycles. The van der Waals surface area contributed by atoms with Gasteiger partial charge in [-0.3, -0.25) is 4.90 Å². The second-order valence-corrected chi connectivity index (χ2v) is 7.60. The molecule has 3 aromatic rings. The highest BCUT2D eigenvalue weighted by molar-refractivity contribution is 5.77. The summed E-state index contributed by atoms with van der Waals surface area (Å²) in [6.45, 7) is 5.53. The van der Waals surface area contributed by atoms with Crippen LogP contribution >= 0.6 is 0 Å². The topological polar surface area (TPSA) is 56.8 Å². The van der Waals surface area contributed by atoms with E-state index in [4.69, 9.17) is 0 Å². The smallest absolute Gasteiger partial charge is 0.178 e. The van der Waals surface area contributed by atoms with E-state index < -0.39 is 0 Å². The van der Waals surface area contributed by atoms with Gasteiger partial charge in [-0.15, -0.1) is 0 Å². The van der Waals surface area contributed by atoms with Crippen LogP contribution in [0.4, 0.5) is 5.69 Å². The number of imidazole rings is 1. The molecule has 5 heteroatoms. The number of aromatic amines is 1. The molecule has 134 valence electrons. The fraction of sp³-hybridized carbons (Fsp3) is 0.429. The lowest BCUT2D eigenvalue weighted by Gasteiger charge is -2.27. The molecule has 1 unspecified atom stereocenters. The molecular weight excluding hydrogens is 322 g/mol. The third-order valence-electron chi connectivity index (χ3n) is 5.77. The molecular formula is C21H25N5. The minimum absolute atomic E-state index is 0.276. The number of fused-ring (bicyclic) bond motifs is 2. The van der Waals surface area contributed by atoms with Crippen molar-refractivity contribution in [2.75, 3.05) is 18.4 Å². The Balaban J connectivity index is 1.44. The van der Waals surface area contributed by atoms with E-state index in [9.17, 15) is 0 Å². The molecule has 1 fully saturated rings. The van der Waals surface area contributed by atoms with Crippen LogP contribution < -0.4 is 5.32 Å². The Kier molecular flexibility index (Phi) is 3.89. The van der Waals surface area contributed by atoms with Crippen molar-refractivity contribution >= 4 is 16.9 Å². The standard InChI is InChI=1S/C21H25N5/c1-14-23-20-16(8-9-22-21(20)24-14)19-12-17-15(6-5-7-18(17)25-19)13-26-10-3-2-4-11-26/h5-9,19,25H,2-4,10-13H2,1H3,(H,22,23,24). The molecule has 5 nitrogen and oxygen atoms in total. The molecule has 4 heterocycles. The molecule has 26 heavy (non-hydrogen) atoms. The summed E-state index contributed by atoms with van der Waals surface area (Å²) in [6, 6.07) is 9.10. The Bertz CT molecular complexity index is 939. The van der Waals surface area contributed by atoms with E-state index >= 15 is 0 Å². The number of likely N-dealkylation sites (tertiary alicyclic amines) is 1. The van der Waals surface area contributed by atoms with Crippen molar-refractivity contribution in [1.29, 1.82) is 0 Å². The van der Waals surface area contributed by atoms with Gasteiger partial charge in [-0.2, -0.15) is 0 Å². The maximum absolute atomic E-state index is 4.49. The number of rotatable bonds is 3. The molecule has 2 aliphatic heterocycles. The van der Waals surface area contributed by atoms with Gasteiger partial charge >= 0.3 is 0 Å². The monoisotopic (exact) mass is 347 g/mol. The third-order valence-corrected chi connectivity index (χ3v) is 5.77. The van der Waals surface area contributed by atoms with E-state index in [1.807, 2.05) is 13.1 Å². The lowest BCUT2D eigenvalue weighted by atomic mass is 9.98. The van der Waals surface area contributed by atoms with Gasteiger partial charge in [-0.25, -0.2) is 9.97 Å². The average Bonchev–Trinajstić information content (AvgIpc) is 3.25. The van der Waals surface area contributed by atoms with E-state index in [1.165, 1.54) is 54.7 Å². The molecule has 1 atom stereocenters. The average molecular weight is 347 g/mol. The number of anilines is 1. The molecule has 0 bridgehead atoms. The first-order chi connectivity index (χ1) is 12.8. The Morgan fingerprint density at radius 3 is 2.92 bits per heavy atom. The van der Waals surface area contributed by atoms with Crippen LogP contribution in [0, 0.1) is 6.92 Å². The number of benzene rings is 1. The molecule has 5 rings (SSSR count). The first-order valence-corrected chi connectivity index (χ1v) is 9.69. The van der Waals surface area contributed by atoms with Gasteiger partial charge in [0.05, 0.1) is 11.6 Å². The zero-order chi connectivity index (χ0) is 17.5. The maximum Gasteiger partial charge on any atom is 0.178 e. The lowest BCUT2D eigenvalue weighted by molar-refractivity contribution is 0.220. The SMILES string of the molecule is Cc1nc2nccc(C3Cc4c(CN5CCCCC5)cccc4N3)c2[nH]1. The second-order valence-electron chi connectivity index (χ2n) is 7.60. The van der Waals surface area contributed by atoms with Gasteiger partial charge in [0.2, 0.25) is 0 Å². The molecule has 1 saturated heterocycles. The van der Waals surface area contributed by atoms with Crippen LogP contribution in [0.25, 0.3) is 11.2 Å². The Hall–Kier alpha value is -2.40. The second kappa shape index (κ2) is 6.40. The maximum atomic E-state index is 4.49. The van der Waals surface area contributed by atoms with Crippen LogP contribution in [0.2, 0.25) is 0 Å². The van der Waals surface area contributed by atoms with Crippen molar-refractivity contribution in [3.8, 4) is 0 Å². The number of pyridine rings is 1. The van der Waals surface area contributed by atoms with E-state index in [-0.39, 0.29) is 6.04 Å².